The van der Waals surface area contributed by atoms with Crippen LogP contribution < -0.4 is 10.6 Å². The summed E-state index contributed by atoms with van der Waals surface area (Å²) in [6.07, 6.45) is 1.53. The van der Waals surface area contributed by atoms with Gasteiger partial charge in [0.25, 0.3) is 0 Å². The highest BCUT2D eigenvalue weighted by molar-refractivity contribution is 6.30. The largest absolute Gasteiger partial charge is 0.326 e. The summed E-state index contributed by atoms with van der Waals surface area (Å²) in [5, 5.41) is 5.68. The van der Waals surface area contributed by atoms with Crippen molar-refractivity contribution in [2.45, 2.75) is 26.7 Å². The second-order valence-corrected chi connectivity index (χ2v) is 7.54. The monoisotopic (exact) mass is 398 g/mol. The number of amides is 2. The predicted molar refractivity (Wildman–Crippen MR) is 111 cm³/mol. The van der Waals surface area contributed by atoms with Gasteiger partial charge in [0.15, 0.2) is 5.78 Å². The van der Waals surface area contributed by atoms with Crippen LogP contribution in [0.3, 0.4) is 0 Å². The molecule has 0 radical (unpaired) electrons. The molecule has 2 amide bonds. The first-order valence-electron chi connectivity index (χ1n) is 9.30. The van der Waals surface area contributed by atoms with Gasteiger partial charge in [-0.25, -0.2) is 0 Å². The lowest BCUT2D eigenvalue weighted by atomic mass is 9.93. The Kier molecular flexibility index (Phi) is 6.15. The summed E-state index contributed by atoms with van der Waals surface area (Å²) >= 11 is 5.50. The van der Waals surface area contributed by atoms with Crippen molar-refractivity contribution in [1.29, 1.82) is 0 Å². The van der Waals surface area contributed by atoms with Gasteiger partial charge in [0.1, 0.15) is 0 Å². The summed E-state index contributed by atoms with van der Waals surface area (Å²) in [5.41, 5.74) is 4.62. The number of Topliss-reactive ketones (excluding diaryl/α,β-unsaturated/α-hetero) is 1. The van der Waals surface area contributed by atoms with Gasteiger partial charge in [-0.2, -0.15) is 0 Å². The highest BCUT2D eigenvalue weighted by Crippen LogP contribution is 2.26. The quantitative estimate of drug-likeness (QED) is 0.591. The third-order valence-electron chi connectivity index (χ3n) is 5.03. The summed E-state index contributed by atoms with van der Waals surface area (Å²) in [4.78, 5) is 34.1. The molecule has 2 aliphatic rings. The van der Waals surface area contributed by atoms with Gasteiger partial charge in [0, 0.05) is 28.8 Å². The zero-order valence-electron chi connectivity index (χ0n) is 15.9. The van der Waals surface area contributed by atoms with Crippen molar-refractivity contribution < 1.29 is 14.4 Å². The summed E-state index contributed by atoms with van der Waals surface area (Å²) < 4.78 is 0. The third kappa shape index (κ3) is 4.42. The van der Waals surface area contributed by atoms with E-state index in [0.29, 0.717) is 12.0 Å². The molecule has 146 valence electrons. The van der Waals surface area contributed by atoms with Crippen molar-refractivity contribution in [3.63, 3.8) is 0 Å². The number of hydrogen-bond donors (Lipinski definition) is 2. The first-order chi connectivity index (χ1) is 13.4. The summed E-state index contributed by atoms with van der Waals surface area (Å²) in [6.45, 7) is 3.82. The van der Waals surface area contributed by atoms with Crippen LogP contribution in [0.2, 0.25) is 0 Å². The van der Waals surface area contributed by atoms with E-state index in [1.807, 2.05) is 38.1 Å². The van der Waals surface area contributed by atoms with Crippen LogP contribution in [0.25, 0.3) is 0 Å². The van der Waals surface area contributed by atoms with E-state index < -0.39 is 0 Å². The molecule has 0 fully saturated rings. The molecule has 2 N–H and O–H groups in total. The van der Waals surface area contributed by atoms with E-state index in [1.54, 1.807) is 12.1 Å². The van der Waals surface area contributed by atoms with Gasteiger partial charge >= 0.3 is 0 Å². The van der Waals surface area contributed by atoms with E-state index in [4.69, 9.17) is 11.6 Å². The standard InChI is InChI=1S/C12H12ClNO2.C10H11NO/c1-7-4-9-5-8(11(15)6-13)2-3-10(9)14-12(7)16;1-7-6-8-4-2-3-5-9(8)11-10(7)12/h2-3,5,7H,4,6H2,1H3,(H,14,16);2-5,7H,6H2,1H3,(H,11,12). The number of fused-ring (bicyclic) bond motifs is 2. The van der Waals surface area contributed by atoms with Crippen molar-refractivity contribution in [2.24, 2.45) is 11.8 Å². The number of anilines is 2. The van der Waals surface area contributed by atoms with E-state index in [1.165, 1.54) is 5.56 Å². The Bertz CT molecular complexity index is 926. The van der Waals surface area contributed by atoms with Gasteiger partial charge in [-0.15, -0.1) is 11.6 Å². The lowest BCUT2D eigenvalue weighted by Gasteiger charge is -2.22. The number of carbonyl (C=O) groups is 3. The zero-order valence-corrected chi connectivity index (χ0v) is 16.7. The maximum absolute atomic E-state index is 11.4. The minimum Gasteiger partial charge on any atom is -0.326 e. The molecule has 5 nitrogen and oxygen atoms in total. The van der Waals surface area contributed by atoms with Crippen LogP contribution in [0, 0.1) is 11.8 Å². The molecule has 2 aliphatic heterocycles. The normalized spacial score (nSPS) is 20.0. The van der Waals surface area contributed by atoms with Crippen LogP contribution in [0.1, 0.15) is 35.3 Å². The Labute approximate surface area is 169 Å². The van der Waals surface area contributed by atoms with Gasteiger partial charge in [-0.05, 0) is 48.2 Å². The highest BCUT2D eigenvalue weighted by atomic mass is 35.5. The maximum atomic E-state index is 11.4. The van der Waals surface area contributed by atoms with E-state index in [0.717, 1.165) is 23.4 Å². The number of hydrogen-bond acceptors (Lipinski definition) is 3. The number of nitrogens with one attached hydrogen (secondary N) is 2. The minimum atomic E-state index is -0.0889. The molecule has 0 saturated carbocycles. The fourth-order valence-electron chi connectivity index (χ4n) is 3.31. The molecule has 2 atom stereocenters. The van der Waals surface area contributed by atoms with Crippen LogP contribution in [0.15, 0.2) is 42.5 Å². The van der Waals surface area contributed by atoms with E-state index in [-0.39, 0.29) is 35.3 Å². The second kappa shape index (κ2) is 8.57. The van der Waals surface area contributed by atoms with E-state index in [2.05, 4.69) is 16.7 Å². The molecule has 0 saturated heterocycles. The molecular formula is C22H23ClN2O3. The maximum Gasteiger partial charge on any atom is 0.227 e. The average molecular weight is 399 g/mol. The molecule has 6 heteroatoms. The number of alkyl halides is 1. The van der Waals surface area contributed by atoms with Crippen molar-refractivity contribution in [2.75, 3.05) is 16.5 Å². The molecular weight excluding hydrogens is 376 g/mol. The van der Waals surface area contributed by atoms with Gasteiger partial charge < -0.3 is 10.6 Å². The smallest absolute Gasteiger partial charge is 0.227 e. The van der Waals surface area contributed by atoms with E-state index >= 15 is 0 Å². The van der Waals surface area contributed by atoms with Gasteiger partial charge in [-0.3, -0.25) is 14.4 Å². The molecule has 2 heterocycles. The minimum absolute atomic E-state index is 0.0132. The lowest BCUT2D eigenvalue weighted by Crippen LogP contribution is -2.27. The van der Waals surface area contributed by atoms with Crippen molar-refractivity contribution in [3.05, 3.63) is 59.2 Å². The first-order valence-corrected chi connectivity index (χ1v) is 9.84. The Morgan fingerprint density at radius 1 is 0.929 bits per heavy atom. The second-order valence-electron chi connectivity index (χ2n) is 7.27. The number of benzene rings is 2. The van der Waals surface area contributed by atoms with Crippen molar-refractivity contribution in [3.8, 4) is 0 Å². The zero-order chi connectivity index (χ0) is 20.3. The highest BCUT2D eigenvalue weighted by Gasteiger charge is 2.23. The van der Waals surface area contributed by atoms with Gasteiger partial charge in [-0.1, -0.05) is 32.0 Å². The Balaban J connectivity index is 0.000000167. The SMILES string of the molecule is CC1Cc2cc(C(=O)CCl)ccc2NC1=O.CC1Cc2ccccc2NC1=O. The number of rotatable bonds is 2. The van der Waals surface area contributed by atoms with E-state index in [9.17, 15) is 14.4 Å². The number of halogens is 1. The summed E-state index contributed by atoms with van der Waals surface area (Å²) in [7, 11) is 0. The lowest BCUT2D eigenvalue weighted by molar-refractivity contribution is -0.120. The number of carbonyl (C=O) groups excluding carboxylic acids is 3. The molecule has 28 heavy (non-hydrogen) atoms. The molecule has 0 aliphatic carbocycles. The van der Waals surface area contributed by atoms with Crippen LogP contribution in [-0.2, 0) is 22.4 Å². The van der Waals surface area contributed by atoms with Crippen LogP contribution >= 0.6 is 11.6 Å². The molecule has 2 aromatic rings. The fourth-order valence-corrected chi connectivity index (χ4v) is 3.47. The Morgan fingerprint density at radius 3 is 2.14 bits per heavy atom. The number of ketones is 1. The number of para-hydroxylation sites is 1. The molecule has 0 spiro atoms. The third-order valence-corrected chi connectivity index (χ3v) is 5.27. The van der Waals surface area contributed by atoms with Crippen molar-refractivity contribution >= 4 is 40.6 Å². The van der Waals surface area contributed by atoms with Crippen LogP contribution in [0.4, 0.5) is 11.4 Å². The van der Waals surface area contributed by atoms with Crippen LogP contribution in [-0.4, -0.2) is 23.5 Å². The summed E-state index contributed by atoms with van der Waals surface area (Å²) in [6, 6.07) is 13.2. The molecule has 0 bridgehead atoms. The summed E-state index contributed by atoms with van der Waals surface area (Å²) in [5.74, 6) is 0.126. The fraction of sp³-hybridized carbons (Fsp3) is 0.318. The molecule has 0 aromatic heterocycles. The topological polar surface area (TPSA) is 75.3 Å². The van der Waals surface area contributed by atoms with Crippen LogP contribution in [0.5, 0.6) is 0 Å². The molecule has 2 unspecified atom stereocenters. The van der Waals surface area contributed by atoms with Crippen molar-refractivity contribution in [1.82, 2.24) is 0 Å². The first kappa shape index (κ1) is 20.1. The predicted octanol–water partition coefficient (Wildman–Crippen LogP) is 4.06. The Morgan fingerprint density at radius 2 is 1.50 bits per heavy atom. The Hall–Kier alpha value is -2.66. The average Bonchev–Trinajstić information content (AvgIpc) is 2.69. The molecule has 4 rings (SSSR count). The molecule has 2 aromatic carbocycles. The van der Waals surface area contributed by atoms with Gasteiger partial charge in [0.05, 0.1) is 5.88 Å². The van der Waals surface area contributed by atoms with Gasteiger partial charge in [0.2, 0.25) is 11.8 Å².